The Labute approximate surface area is 162 Å². The van der Waals surface area contributed by atoms with Crippen molar-refractivity contribution in [1.82, 2.24) is 25.4 Å². The molecule has 6 nitrogen and oxygen atoms in total. The van der Waals surface area contributed by atoms with E-state index in [0.717, 1.165) is 47.2 Å². The van der Waals surface area contributed by atoms with Gasteiger partial charge in [0.1, 0.15) is 0 Å². The Bertz CT molecular complexity index is 1140. The van der Waals surface area contributed by atoms with Gasteiger partial charge < -0.3 is 15.2 Å². The number of amides is 1. The lowest BCUT2D eigenvalue weighted by Gasteiger charge is -2.15. The third-order valence-electron chi connectivity index (χ3n) is 5.60. The summed E-state index contributed by atoms with van der Waals surface area (Å²) in [6.07, 6.45) is 6.18. The lowest BCUT2D eigenvalue weighted by molar-refractivity contribution is 0.0951. The molecular formula is C22H23N5O. The summed E-state index contributed by atoms with van der Waals surface area (Å²) in [5.74, 6) is -0.0478. The fourth-order valence-electron chi connectivity index (χ4n) is 4.06. The van der Waals surface area contributed by atoms with E-state index in [-0.39, 0.29) is 5.91 Å². The number of rotatable bonds is 5. The Morgan fingerprint density at radius 3 is 2.82 bits per heavy atom. The number of nitrogens with zero attached hydrogens (tertiary/aromatic N) is 2. The fraction of sp³-hybridized carbons (Fsp3) is 0.273. The zero-order valence-electron chi connectivity index (χ0n) is 15.7. The fourth-order valence-corrected chi connectivity index (χ4v) is 4.06. The molecule has 6 heteroatoms. The van der Waals surface area contributed by atoms with Gasteiger partial charge in [-0.15, -0.1) is 0 Å². The average molecular weight is 373 g/mol. The number of fused-ring (bicyclic) bond motifs is 2. The molecule has 0 radical (unpaired) electrons. The molecule has 2 aromatic heterocycles. The Hall–Kier alpha value is -3.12. The van der Waals surface area contributed by atoms with Crippen LogP contribution in [0.25, 0.3) is 32.9 Å². The maximum atomic E-state index is 12.9. The van der Waals surface area contributed by atoms with Crippen LogP contribution in [-0.2, 0) is 0 Å². The topological polar surface area (TPSA) is 76.8 Å². The van der Waals surface area contributed by atoms with Crippen molar-refractivity contribution in [2.45, 2.75) is 12.8 Å². The normalized spacial score (nSPS) is 14.9. The SMILES string of the molecule is O=C(NCCN1CCCC1)c1cc(-c2ccc3cc[nH]c3c2)cc2[nH]ncc12. The highest BCUT2D eigenvalue weighted by Crippen LogP contribution is 2.29. The first kappa shape index (κ1) is 17.0. The smallest absolute Gasteiger partial charge is 0.252 e. The first-order valence-electron chi connectivity index (χ1n) is 9.83. The molecule has 5 rings (SSSR count). The van der Waals surface area contributed by atoms with E-state index in [9.17, 15) is 4.79 Å². The Kier molecular flexibility index (Phi) is 4.33. The second-order valence-electron chi connectivity index (χ2n) is 7.44. The largest absolute Gasteiger partial charge is 0.361 e. The molecule has 4 aromatic rings. The van der Waals surface area contributed by atoms with Crippen LogP contribution in [0.2, 0.25) is 0 Å². The molecule has 0 aliphatic carbocycles. The van der Waals surface area contributed by atoms with Crippen LogP contribution in [0.15, 0.2) is 48.8 Å². The Balaban J connectivity index is 1.44. The van der Waals surface area contributed by atoms with Gasteiger partial charge >= 0.3 is 0 Å². The van der Waals surface area contributed by atoms with Gasteiger partial charge in [0, 0.05) is 30.2 Å². The van der Waals surface area contributed by atoms with Crippen molar-refractivity contribution in [3.05, 3.63) is 54.4 Å². The van der Waals surface area contributed by atoms with Gasteiger partial charge in [0.05, 0.1) is 17.3 Å². The minimum atomic E-state index is -0.0478. The molecule has 3 N–H and O–H groups in total. The number of carbonyl (C=O) groups is 1. The van der Waals surface area contributed by atoms with E-state index in [1.165, 1.54) is 18.2 Å². The molecule has 0 atom stereocenters. The van der Waals surface area contributed by atoms with E-state index >= 15 is 0 Å². The summed E-state index contributed by atoms with van der Waals surface area (Å²) in [7, 11) is 0. The Morgan fingerprint density at radius 1 is 1.07 bits per heavy atom. The number of benzene rings is 2. The lowest BCUT2D eigenvalue weighted by Crippen LogP contribution is -2.33. The first-order valence-corrected chi connectivity index (χ1v) is 9.83. The lowest BCUT2D eigenvalue weighted by atomic mass is 9.99. The number of aromatic nitrogens is 3. The summed E-state index contributed by atoms with van der Waals surface area (Å²) in [6.45, 7) is 3.84. The highest BCUT2D eigenvalue weighted by molar-refractivity contribution is 6.08. The monoisotopic (exact) mass is 373 g/mol. The van der Waals surface area contributed by atoms with E-state index in [1.807, 2.05) is 18.3 Å². The maximum Gasteiger partial charge on any atom is 0.252 e. The second kappa shape index (κ2) is 7.13. The van der Waals surface area contributed by atoms with Gasteiger partial charge in [0.25, 0.3) is 5.91 Å². The number of hydrogen-bond donors (Lipinski definition) is 3. The number of carbonyl (C=O) groups excluding carboxylic acids is 1. The van der Waals surface area contributed by atoms with E-state index < -0.39 is 0 Å². The molecular weight excluding hydrogens is 350 g/mol. The van der Waals surface area contributed by atoms with Gasteiger partial charge in [-0.3, -0.25) is 9.89 Å². The van der Waals surface area contributed by atoms with Crippen LogP contribution in [0.1, 0.15) is 23.2 Å². The van der Waals surface area contributed by atoms with Crippen molar-refractivity contribution in [3.63, 3.8) is 0 Å². The Morgan fingerprint density at radius 2 is 1.93 bits per heavy atom. The predicted octanol–water partition coefficient (Wildman–Crippen LogP) is 3.54. The molecule has 3 heterocycles. The van der Waals surface area contributed by atoms with Gasteiger partial charge in [-0.2, -0.15) is 5.10 Å². The predicted molar refractivity (Wildman–Crippen MR) is 111 cm³/mol. The highest BCUT2D eigenvalue weighted by Gasteiger charge is 2.16. The molecule has 1 amide bonds. The van der Waals surface area contributed by atoms with Crippen LogP contribution in [0.5, 0.6) is 0 Å². The standard InChI is InChI=1S/C22H23N5O/c28-22(24-7-10-27-8-1-2-9-27)18-11-17(13-21-19(18)14-25-26-21)16-4-3-15-5-6-23-20(15)12-16/h3-6,11-14,23H,1-2,7-10H2,(H,24,28)(H,25,26). The third kappa shape index (κ3) is 3.16. The van der Waals surface area contributed by atoms with Crippen LogP contribution in [0.4, 0.5) is 0 Å². The minimum absolute atomic E-state index is 0.0478. The van der Waals surface area contributed by atoms with Crippen LogP contribution in [0.3, 0.4) is 0 Å². The van der Waals surface area contributed by atoms with Crippen LogP contribution < -0.4 is 5.32 Å². The molecule has 1 fully saturated rings. The van der Waals surface area contributed by atoms with Gasteiger partial charge in [0.2, 0.25) is 0 Å². The summed E-state index contributed by atoms with van der Waals surface area (Å²) in [5.41, 5.74) is 4.68. The van der Waals surface area contributed by atoms with E-state index in [0.29, 0.717) is 12.1 Å². The van der Waals surface area contributed by atoms with Gasteiger partial charge in [-0.05, 0) is 66.7 Å². The zero-order chi connectivity index (χ0) is 18.9. The minimum Gasteiger partial charge on any atom is -0.361 e. The van der Waals surface area contributed by atoms with Crippen LogP contribution in [0, 0.1) is 0 Å². The maximum absolute atomic E-state index is 12.9. The van der Waals surface area contributed by atoms with Crippen molar-refractivity contribution < 1.29 is 4.79 Å². The van der Waals surface area contributed by atoms with Crippen LogP contribution in [-0.4, -0.2) is 52.2 Å². The van der Waals surface area contributed by atoms with Gasteiger partial charge in [0.15, 0.2) is 0 Å². The molecule has 1 saturated heterocycles. The number of H-pyrrole nitrogens is 2. The van der Waals surface area contributed by atoms with Crippen molar-refractivity contribution in [2.24, 2.45) is 0 Å². The molecule has 0 bridgehead atoms. The molecule has 2 aromatic carbocycles. The molecule has 0 saturated carbocycles. The zero-order valence-corrected chi connectivity index (χ0v) is 15.7. The molecule has 1 aliphatic heterocycles. The van der Waals surface area contributed by atoms with Gasteiger partial charge in [-0.1, -0.05) is 12.1 Å². The van der Waals surface area contributed by atoms with E-state index in [2.05, 4.69) is 49.7 Å². The second-order valence-corrected chi connectivity index (χ2v) is 7.44. The van der Waals surface area contributed by atoms with Gasteiger partial charge in [-0.25, -0.2) is 0 Å². The van der Waals surface area contributed by atoms with Crippen molar-refractivity contribution >= 4 is 27.7 Å². The summed E-state index contributed by atoms with van der Waals surface area (Å²) in [5, 5.41) is 12.3. The van der Waals surface area contributed by atoms with Crippen molar-refractivity contribution in [3.8, 4) is 11.1 Å². The summed E-state index contributed by atoms with van der Waals surface area (Å²) in [4.78, 5) is 18.6. The van der Waals surface area contributed by atoms with Crippen molar-refractivity contribution in [1.29, 1.82) is 0 Å². The number of nitrogens with one attached hydrogen (secondary N) is 3. The van der Waals surface area contributed by atoms with E-state index in [1.54, 1.807) is 6.20 Å². The van der Waals surface area contributed by atoms with Crippen molar-refractivity contribution in [2.75, 3.05) is 26.2 Å². The summed E-state index contributed by atoms with van der Waals surface area (Å²) < 4.78 is 0. The number of likely N-dealkylation sites (tertiary alicyclic amines) is 1. The quantitative estimate of drug-likeness (QED) is 0.501. The van der Waals surface area contributed by atoms with Crippen LogP contribution >= 0.6 is 0 Å². The number of aromatic amines is 2. The summed E-state index contributed by atoms with van der Waals surface area (Å²) in [6, 6.07) is 12.4. The molecule has 0 unspecified atom stereocenters. The third-order valence-corrected chi connectivity index (χ3v) is 5.60. The first-order chi connectivity index (χ1) is 13.8. The molecule has 1 aliphatic rings. The molecule has 28 heavy (non-hydrogen) atoms. The molecule has 142 valence electrons. The highest BCUT2D eigenvalue weighted by atomic mass is 16.1. The number of hydrogen-bond acceptors (Lipinski definition) is 3. The summed E-state index contributed by atoms with van der Waals surface area (Å²) >= 11 is 0. The molecule has 0 spiro atoms. The average Bonchev–Trinajstić information content (AvgIpc) is 3.47. The van der Waals surface area contributed by atoms with E-state index in [4.69, 9.17) is 0 Å².